The van der Waals surface area contributed by atoms with E-state index in [-0.39, 0.29) is 31.1 Å². The third-order valence-electron chi connectivity index (χ3n) is 4.97. The molecule has 3 amide bonds. The number of nitrogens with two attached hydrogens (primary N) is 2. The summed E-state index contributed by atoms with van der Waals surface area (Å²) in [4.78, 5) is 60.5. The average molecular weight is 488 g/mol. The lowest BCUT2D eigenvalue weighted by atomic mass is 9.99. The Morgan fingerprint density at radius 2 is 1.18 bits per heavy atom. The minimum Gasteiger partial charge on any atom is -0.481 e. The van der Waals surface area contributed by atoms with Crippen molar-refractivity contribution in [2.24, 2.45) is 23.3 Å². The molecule has 0 saturated carbocycles. The molecular formula is C22H41N5O7. The summed E-state index contributed by atoms with van der Waals surface area (Å²) in [6.45, 7) is 7.77. The number of carboxylic acid groups (broad SMARTS) is 2. The molecule has 0 aliphatic rings. The lowest BCUT2D eigenvalue weighted by Crippen LogP contribution is -2.57. The maximum Gasteiger partial charge on any atom is 0.326 e. The zero-order chi connectivity index (χ0) is 26.4. The minimum atomic E-state index is -1.33. The van der Waals surface area contributed by atoms with Gasteiger partial charge in [0.05, 0.1) is 12.5 Å². The molecule has 12 nitrogen and oxygen atoms in total. The van der Waals surface area contributed by atoms with Crippen LogP contribution < -0.4 is 27.4 Å². The number of hydrogen-bond acceptors (Lipinski definition) is 7. The number of aliphatic carboxylic acids is 2. The highest BCUT2D eigenvalue weighted by Gasteiger charge is 2.31. The smallest absolute Gasteiger partial charge is 0.326 e. The van der Waals surface area contributed by atoms with Gasteiger partial charge in [0.1, 0.15) is 18.1 Å². The molecule has 0 heterocycles. The number of hydrogen-bond donors (Lipinski definition) is 7. The van der Waals surface area contributed by atoms with Crippen LogP contribution in [0.25, 0.3) is 0 Å². The number of rotatable bonds is 17. The van der Waals surface area contributed by atoms with Crippen LogP contribution >= 0.6 is 0 Å². The first kappa shape index (κ1) is 31.3. The monoisotopic (exact) mass is 487 g/mol. The molecule has 0 aliphatic heterocycles. The summed E-state index contributed by atoms with van der Waals surface area (Å²) in [7, 11) is 0. The third-order valence-corrected chi connectivity index (χ3v) is 4.97. The standard InChI is InChI=1S/C22H41N5O7/c1-12(2)9-16(26-19(30)14(24)11-18(28)29)21(32)27-17(10-13(3)4)20(31)25-15(22(33)34)7-5-6-8-23/h12-17H,5-11,23-24H2,1-4H3,(H,25,31)(H,26,30)(H,27,32)(H,28,29)(H,33,34). The van der Waals surface area contributed by atoms with Crippen LogP contribution in [0, 0.1) is 11.8 Å². The second-order valence-electron chi connectivity index (χ2n) is 9.27. The van der Waals surface area contributed by atoms with Gasteiger partial charge in [-0.1, -0.05) is 27.7 Å². The van der Waals surface area contributed by atoms with E-state index in [1.54, 1.807) is 0 Å². The molecule has 4 atom stereocenters. The molecule has 0 radical (unpaired) electrons. The number of unbranched alkanes of at least 4 members (excludes halogenated alkanes) is 1. The maximum atomic E-state index is 13.0. The van der Waals surface area contributed by atoms with Crippen LogP contribution in [0.5, 0.6) is 0 Å². The van der Waals surface area contributed by atoms with Gasteiger partial charge in [0.15, 0.2) is 0 Å². The molecular weight excluding hydrogens is 446 g/mol. The molecule has 0 spiro atoms. The fourth-order valence-electron chi connectivity index (χ4n) is 3.26. The van der Waals surface area contributed by atoms with E-state index in [0.29, 0.717) is 19.4 Å². The molecule has 0 saturated heterocycles. The Kier molecular flexibility index (Phi) is 14.7. The van der Waals surface area contributed by atoms with Crippen molar-refractivity contribution in [1.29, 1.82) is 0 Å². The zero-order valence-electron chi connectivity index (χ0n) is 20.5. The van der Waals surface area contributed by atoms with Gasteiger partial charge in [-0.2, -0.15) is 0 Å². The fourth-order valence-corrected chi connectivity index (χ4v) is 3.26. The van der Waals surface area contributed by atoms with Crippen LogP contribution in [0.3, 0.4) is 0 Å². The van der Waals surface area contributed by atoms with Crippen LogP contribution in [0.4, 0.5) is 0 Å². The molecule has 0 aromatic rings. The molecule has 34 heavy (non-hydrogen) atoms. The predicted molar refractivity (Wildman–Crippen MR) is 125 cm³/mol. The van der Waals surface area contributed by atoms with E-state index in [1.807, 2.05) is 27.7 Å². The van der Waals surface area contributed by atoms with Crippen molar-refractivity contribution < 1.29 is 34.2 Å². The van der Waals surface area contributed by atoms with Crippen molar-refractivity contribution in [3.8, 4) is 0 Å². The van der Waals surface area contributed by atoms with Crippen LogP contribution in [-0.4, -0.2) is 70.6 Å². The van der Waals surface area contributed by atoms with Gasteiger partial charge in [-0.05, 0) is 50.5 Å². The Hall–Kier alpha value is -2.73. The third kappa shape index (κ3) is 13.1. The van der Waals surface area contributed by atoms with Crippen molar-refractivity contribution in [3.05, 3.63) is 0 Å². The van der Waals surface area contributed by atoms with Crippen molar-refractivity contribution in [2.75, 3.05) is 6.54 Å². The van der Waals surface area contributed by atoms with Gasteiger partial charge in [-0.15, -0.1) is 0 Å². The van der Waals surface area contributed by atoms with Gasteiger partial charge < -0.3 is 37.6 Å². The molecule has 196 valence electrons. The van der Waals surface area contributed by atoms with E-state index in [2.05, 4.69) is 16.0 Å². The summed E-state index contributed by atoms with van der Waals surface area (Å²) in [6.07, 6.45) is 1.22. The topological polar surface area (TPSA) is 214 Å². The van der Waals surface area contributed by atoms with Crippen molar-refractivity contribution in [1.82, 2.24) is 16.0 Å². The highest BCUT2D eigenvalue weighted by molar-refractivity contribution is 5.94. The second-order valence-corrected chi connectivity index (χ2v) is 9.27. The Labute approximate surface area is 200 Å². The van der Waals surface area contributed by atoms with E-state index in [1.165, 1.54) is 0 Å². The van der Waals surface area contributed by atoms with E-state index in [4.69, 9.17) is 16.6 Å². The van der Waals surface area contributed by atoms with E-state index >= 15 is 0 Å². The fraction of sp³-hybridized carbons (Fsp3) is 0.773. The van der Waals surface area contributed by atoms with Crippen molar-refractivity contribution >= 4 is 29.7 Å². The van der Waals surface area contributed by atoms with E-state index < -0.39 is 60.2 Å². The second kappa shape index (κ2) is 16.0. The van der Waals surface area contributed by atoms with Gasteiger partial charge in [0.2, 0.25) is 17.7 Å². The zero-order valence-corrected chi connectivity index (χ0v) is 20.5. The molecule has 12 heteroatoms. The molecule has 0 fully saturated rings. The van der Waals surface area contributed by atoms with Crippen LogP contribution in [0.1, 0.15) is 66.2 Å². The number of amides is 3. The summed E-state index contributed by atoms with van der Waals surface area (Å²) < 4.78 is 0. The van der Waals surface area contributed by atoms with Crippen LogP contribution in [0.15, 0.2) is 0 Å². The number of carbonyl (C=O) groups is 5. The average Bonchev–Trinajstić information content (AvgIpc) is 2.70. The summed E-state index contributed by atoms with van der Waals surface area (Å²) in [5.74, 6) is -4.52. The first-order valence-electron chi connectivity index (χ1n) is 11.6. The summed E-state index contributed by atoms with van der Waals surface area (Å²) in [6, 6.07) is -4.52. The van der Waals surface area contributed by atoms with E-state index in [0.717, 1.165) is 0 Å². The summed E-state index contributed by atoms with van der Waals surface area (Å²) in [5.41, 5.74) is 11.0. The molecule has 0 aromatic heterocycles. The lowest BCUT2D eigenvalue weighted by Gasteiger charge is -2.26. The predicted octanol–water partition coefficient (Wildman–Crippen LogP) is -0.451. The molecule has 9 N–H and O–H groups in total. The molecule has 0 aromatic carbocycles. The number of carbonyl (C=O) groups excluding carboxylic acids is 3. The largest absolute Gasteiger partial charge is 0.481 e. The highest BCUT2D eigenvalue weighted by Crippen LogP contribution is 2.10. The SMILES string of the molecule is CC(C)CC(NC(=O)C(N)CC(=O)O)C(=O)NC(CC(C)C)C(=O)NC(CCCCN)C(=O)O. The summed E-state index contributed by atoms with van der Waals surface area (Å²) in [5, 5.41) is 25.8. The van der Waals surface area contributed by atoms with E-state index in [9.17, 15) is 29.1 Å². The highest BCUT2D eigenvalue weighted by atomic mass is 16.4. The first-order chi connectivity index (χ1) is 15.8. The molecule has 0 aliphatic carbocycles. The summed E-state index contributed by atoms with van der Waals surface area (Å²) >= 11 is 0. The van der Waals surface area contributed by atoms with Gasteiger partial charge in [0, 0.05) is 0 Å². The Balaban J connectivity index is 5.46. The Morgan fingerprint density at radius 1 is 0.735 bits per heavy atom. The normalized spacial score (nSPS) is 14.7. The number of nitrogens with one attached hydrogen (secondary N) is 3. The van der Waals surface area contributed by atoms with Gasteiger partial charge >= 0.3 is 11.9 Å². The van der Waals surface area contributed by atoms with Gasteiger partial charge in [0.25, 0.3) is 0 Å². The Morgan fingerprint density at radius 3 is 1.56 bits per heavy atom. The minimum absolute atomic E-state index is 0.00121. The number of carboxylic acids is 2. The first-order valence-corrected chi connectivity index (χ1v) is 11.6. The van der Waals surface area contributed by atoms with Crippen molar-refractivity contribution in [2.45, 2.75) is 90.4 Å². The lowest BCUT2D eigenvalue weighted by molar-refractivity contribution is -0.142. The molecule has 0 bridgehead atoms. The van der Waals surface area contributed by atoms with Crippen LogP contribution in [-0.2, 0) is 24.0 Å². The quantitative estimate of drug-likeness (QED) is 0.132. The maximum absolute atomic E-state index is 13.0. The van der Waals surface area contributed by atoms with Gasteiger partial charge in [-0.3, -0.25) is 19.2 Å². The van der Waals surface area contributed by atoms with Gasteiger partial charge in [-0.25, -0.2) is 4.79 Å². The van der Waals surface area contributed by atoms with Crippen molar-refractivity contribution in [3.63, 3.8) is 0 Å². The van der Waals surface area contributed by atoms with Crippen LogP contribution in [0.2, 0.25) is 0 Å². The Bertz CT molecular complexity index is 699. The molecule has 4 unspecified atom stereocenters. The molecule has 0 rings (SSSR count).